The molecule has 0 radical (unpaired) electrons. The van der Waals surface area contributed by atoms with Gasteiger partial charge in [-0.2, -0.15) is 0 Å². The van der Waals surface area contributed by atoms with Crippen molar-refractivity contribution in [3.8, 4) is 0 Å². The number of phosphoric ester groups is 2. The van der Waals surface area contributed by atoms with Crippen molar-refractivity contribution in [1.82, 2.24) is 0 Å². The maximum atomic E-state index is 13.1. The molecule has 3 N–H and O–H groups in total. The zero-order valence-electron chi connectivity index (χ0n) is 65.5. The van der Waals surface area contributed by atoms with Crippen LogP contribution in [0.1, 0.15) is 413 Å². The van der Waals surface area contributed by atoms with Gasteiger partial charge in [0, 0.05) is 25.7 Å². The Labute approximate surface area is 618 Å². The monoisotopic (exact) mass is 1480 g/mol. The molecule has 0 saturated carbocycles. The summed E-state index contributed by atoms with van der Waals surface area (Å²) in [6, 6.07) is 0. The van der Waals surface area contributed by atoms with E-state index in [4.69, 9.17) is 37.0 Å². The maximum Gasteiger partial charge on any atom is 0.472 e. The number of hydrogen-bond donors (Lipinski definition) is 3. The van der Waals surface area contributed by atoms with Gasteiger partial charge in [0.05, 0.1) is 26.4 Å². The Morgan fingerprint density at radius 2 is 0.535 bits per heavy atom. The van der Waals surface area contributed by atoms with Gasteiger partial charge in [-0.25, -0.2) is 9.13 Å². The molecule has 0 saturated heterocycles. The summed E-state index contributed by atoms with van der Waals surface area (Å²) in [5.74, 6) is -1.37. The Balaban J connectivity index is 5.24. The minimum Gasteiger partial charge on any atom is -0.462 e. The number of esters is 4. The average Bonchev–Trinajstić information content (AvgIpc) is 0.923. The van der Waals surface area contributed by atoms with Gasteiger partial charge in [-0.1, -0.05) is 361 Å². The fraction of sp³-hybridized carbons (Fsp3) is 0.902. The van der Waals surface area contributed by atoms with Crippen molar-refractivity contribution in [3.63, 3.8) is 0 Å². The summed E-state index contributed by atoms with van der Waals surface area (Å²) in [6.07, 6.45) is 68.9. The predicted octanol–water partition coefficient (Wildman–Crippen LogP) is 24.4. The summed E-state index contributed by atoms with van der Waals surface area (Å²) in [4.78, 5) is 73.0. The van der Waals surface area contributed by atoms with Crippen molar-refractivity contribution in [3.05, 3.63) is 24.3 Å². The number of rotatable bonds is 80. The van der Waals surface area contributed by atoms with Gasteiger partial charge in [-0.15, -0.1) is 0 Å². The smallest absolute Gasteiger partial charge is 0.462 e. The molecular formula is C82H156O17P2. The third-order valence-electron chi connectivity index (χ3n) is 18.7. The Morgan fingerprint density at radius 1 is 0.307 bits per heavy atom. The van der Waals surface area contributed by atoms with E-state index in [1.165, 1.54) is 218 Å². The standard InChI is InChI=1S/C82H156O17P2/c1-6-9-12-15-18-21-24-26-28-29-30-31-32-33-34-36-38-42-47-52-57-62-67-81(86)98-78(72-93-80(85)66-61-56-51-46-41-37-35-27-25-22-19-16-13-10-7-2)74-97-101(90,91)95-70-76(83)69-94-100(88,89)96-73-77(71-92-79(84)65-60-55-50-45-23-20-17-14-11-8-3)99-82(87)68-63-58-53-48-43-39-40-44-49-54-59-64-75(4)5/h22,25,27,35,75-78,83H,6-21,23-24,26,28-34,36-74H2,1-5H3,(H,88,89)(H,90,91)/b25-22-,35-27-/t76-,77+,78+/m0/s1. The Hall–Kier alpha value is -2.46. The summed E-state index contributed by atoms with van der Waals surface area (Å²) < 4.78 is 68.7. The Kier molecular flexibility index (Phi) is 72.6. The van der Waals surface area contributed by atoms with Crippen LogP contribution < -0.4 is 0 Å². The van der Waals surface area contributed by atoms with Crippen LogP contribution in [0.15, 0.2) is 24.3 Å². The van der Waals surface area contributed by atoms with Crippen LogP contribution in [0, 0.1) is 5.92 Å². The highest BCUT2D eigenvalue weighted by Crippen LogP contribution is 2.45. The quantitative estimate of drug-likeness (QED) is 0.0169. The van der Waals surface area contributed by atoms with Crippen molar-refractivity contribution >= 4 is 39.5 Å². The van der Waals surface area contributed by atoms with Gasteiger partial charge < -0.3 is 33.8 Å². The molecule has 0 spiro atoms. The summed E-state index contributed by atoms with van der Waals surface area (Å²) in [5, 5.41) is 10.6. The van der Waals surface area contributed by atoms with Crippen molar-refractivity contribution in [2.45, 2.75) is 432 Å². The van der Waals surface area contributed by atoms with E-state index in [-0.39, 0.29) is 25.7 Å². The molecule has 0 rings (SSSR count). The van der Waals surface area contributed by atoms with Crippen LogP contribution in [0.25, 0.3) is 0 Å². The van der Waals surface area contributed by atoms with E-state index in [1.807, 2.05) is 0 Å². The molecule has 0 heterocycles. The lowest BCUT2D eigenvalue weighted by molar-refractivity contribution is -0.161. The zero-order valence-corrected chi connectivity index (χ0v) is 67.3. The minimum atomic E-state index is -4.97. The van der Waals surface area contributed by atoms with E-state index in [2.05, 4.69) is 58.9 Å². The lowest BCUT2D eigenvalue weighted by Gasteiger charge is -2.21. The molecule has 19 heteroatoms. The van der Waals surface area contributed by atoms with Crippen LogP contribution in [0.5, 0.6) is 0 Å². The van der Waals surface area contributed by atoms with Gasteiger partial charge in [0.1, 0.15) is 19.3 Å². The molecule has 596 valence electrons. The van der Waals surface area contributed by atoms with Gasteiger partial charge in [0.15, 0.2) is 12.2 Å². The number of phosphoric acid groups is 2. The summed E-state index contributed by atoms with van der Waals surface area (Å²) in [5.41, 5.74) is 0. The van der Waals surface area contributed by atoms with Crippen LogP contribution in [0.3, 0.4) is 0 Å². The van der Waals surface area contributed by atoms with Crippen LogP contribution in [0.2, 0.25) is 0 Å². The van der Waals surface area contributed by atoms with E-state index in [1.54, 1.807) is 0 Å². The summed E-state index contributed by atoms with van der Waals surface area (Å²) in [6.45, 7) is 7.25. The second kappa shape index (κ2) is 74.4. The number of carbonyl (C=O) groups excluding carboxylic acids is 4. The van der Waals surface area contributed by atoms with Gasteiger partial charge in [0.2, 0.25) is 0 Å². The molecule has 0 aromatic heterocycles. The topological polar surface area (TPSA) is 237 Å². The molecule has 2 unspecified atom stereocenters. The molecule has 17 nitrogen and oxygen atoms in total. The number of unbranched alkanes of at least 4 members (excludes halogenated alkanes) is 49. The van der Waals surface area contributed by atoms with Crippen LogP contribution in [-0.2, 0) is 65.4 Å². The first kappa shape index (κ1) is 98.5. The SMILES string of the molecule is CCCCCC/C=C\C=C/CCCCCCCC(=O)OC[C@H](COP(=O)(O)OC[C@@H](O)COP(=O)(O)OC[C@@H](COC(=O)CCCCCCCCCCCC)OC(=O)CCCCCCCCCCCCCC(C)C)OC(=O)CCCCCCCCCCCCCCCCCCCCCCCC. The molecule has 5 atom stereocenters. The second-order valence-corrected chi connectivity index (χ2v) is 32.2. The van der Waals surface area contributed by atoms with Crippen LogP contribution in [-0.4, -0.2) is 96.7 Å². The minimum absolute atomic E-state index is 0.102. The maximum absolute atomic E-state index is 13.1. The van der Waals surface area contributed by atoms with Gasteiger partial charge >= 0.3 is 39.5 Å². The molecule has 0 aliphatic rings. The predicted molar refractivity (Wildman–Crippen MR) is 414 cm³/mol. The fourth-order valence-corrected chi connectivity index (χ4v) is 13.8. The number of ether oxygens (including phenoxy) is 4. The van der Waals surface area contributed by atoms with Gasteiger partial charge in [0.25, 0.3) is 0 Å². The highest BCUT2D eigenvalue weighted by molar-refractivity contribution is 7.47. The van der Waals surface area contributed by atoms with Crippen molar-refractivity contribution in [2.75, 3.05) is 39.6 Å². The molecule has 0 amide bonds. The van der Waals surface area contributed by atoms with Crippen molar-refractivity contribution in [2.24, 2.45) is 5.92 Å². The second-order valence-electron chi connectivity index (χ2n) is 29.3. The lowest BCUT2D eigenvalue weighted by Crippen LogP contribution is -2.30. The summed E-state index contributed by atoms with van der Waals surface area (Å²) >= 11 is 0. The first-order chi connectivity index (χ1) is 49.0. The van der Waals surface area contributed by atoms with Gasteiger partial charge in [-0.05, 0) is 57.3 Å². The Morgan fingerprint density at radius 3 is 0.812 bits per heavy atom. The molecular weight excluding hydrogens is 1320 g/mol. The normalized spacial score (nSPS) is 14.0. The third-order valence-corrected chi connectivity index (χ3v) is 20.6. The molecule has 0 aromatic carbocycles. The van der Waals surface area contributed by atoms with E-state index < -0.39 is 97.5 Å². The number of hydrogen-bond acceptors (Lipinski definition) is 15. The van der Waals surface area contributed by atoms with E-state index in [9.17, 15) is 43.2 Å². The first-order valence-corrected chi connectivity index (χ1v) is 44.9. The number of aliphatic hydroxyl groups excluding tert-OH is 1. The third kappa shape index (κ3) is 75.6. The van der Waals surface area contributed by atoms with E-state index >= 15 is 0 Å². The average molecular weight is 1480 g/mol. The van der Waals surface area contributed by atoms with Crippen molar-refractivity contribution in [1.29, 1.82) is 0 Å². The van der Waals surface area contributed by atoms with Crippen LogP contribution in [0.4, 0.5) is 0 Å². The number of allylic oxidation sites excluding steroid dienone is 4. The van der Waals surface area contributed by atoms with E-state index in [0.717, 1.165) is 115 Å². The summed E-state index contributed by atoms with van der Waals surface area (Å²) in [7, 11) is -9.93. The molecule has 0 aromatic rings. The number of aliphatic hydroxyl groups is 1. The first-order valence-electron chi connectivity index (χ1n) is 42.0. The highest BCUT2D eigenvalue weighted by atomic mass is 31.2. The molecule has 101 heavy (non-hydrogen) atoms. The zero-order chi connectivity index (χ0) is 74.1. The molecule has 0 aliphatic heterocycles. The molecule has 0 bridgehead atoms. The molecule has 0 fully saturated rings. The lowest BCUT2D eigenvalue weighted by atomic mass is 10.0. The van der Waals surface area contributed by atoms with Crippen LogP contribution >= 0.6 is 15.6 Å². The van der Waals surface area contributed by atoms with Gasteiger partial charge in [-0.3, -0.25) is 37.3 Å². The number of carbonyl (C=O) groups is 4. The largest absolute Gasteiger partial charge is 0.472 e. The van der Waals surface area contributed by atoms with E-state index in [0.29, 0.717) is 25.7 Å². The fourth-order valence-electron chi connectivity index (χ4n) is 12.2. The molecule has 0 aliphatic carbocycles. The Bertz CT molecular complexity index is 2020. The van der Waals surface area contributed by atoms with Crippen molar-refractivity contribution < 1.29 is 80.2 Å². The highest BCUT2D eigenvalue weighted by Gasteiger charge is 2.30.